The molecule has 320 valence electrons. The highest BCUT2D eigenvalue weighted by molar-refractivity contribution is 6.31. The molecule has 1 unspecified atom stereocenters. The van der Waals surface area contributed by atoms with Crippen molar-refractivity contribution in [2.75, 3.05) is 32.1 Å². The fraction of sp³-hybridized carbons (Fsp3) is 0.375. The summed E-state index contributed by atoms with van der Waals surface area (Å²) in [5.41, 5.74) is 6.45. The average Bonchev–Trinajstić information content (AvgIpc) is 3.71. The van der Waals surface area contributed by atoms with Gasteiger partial charge >= 0.3 is 5.97 Å². The second-order valence-corrected chi connectivity index (χ2v) is 16.8. The number of aromatic nitrogens is 1. The lowest BCUT2D eigenvalue weighted by molar-refractivity contribution is -0.136. The summed E-state index contributed by atoms with van der Waals surface area (Å²) in [7, 11) is 1.54. The summed E-state index contributed by atoms with van der Waals surface area (Å²) in [5, 5.41) is 17.2. The number of nitrogens with zero attached hydrogens (tertiary/aromatic N) is 2. The van der Waals surface area contributed by atoms with Gasteiger partial charge in [0.25, 0.3) is 5.91 Å². The number of carbonyl (C=O) groups excluding carboxylic acids is 3. The number of halogens is 2. The van der Waals surface area contributed by atoms with E-state index in [2.05, 4.69) is 35.4 Å². The number of ketones is 1. The number of nitrogens with one attached hydrogen (secondary N) is 2. The first kappa shape index (κ1) is 47.7. The number of fused-ring (bicyclic) bond motifs is 2. The van der Waals surface area contributed by atoms with Crippen LogP contribution in [0.4, 0.5) is 5.69 Å². The van der Waals surface area contributed by atoms with Crippen molar-refractivity contribution in [2.45, 2.75) is 92.2 Å². The third-order valence-electron chi connectivity index (χ3n) is 9.98. The van der Waals surface area contributed by atoms with Crippen molar-refractivity contribution >= 4 is 63.4 Å². The second kappa shape index (κ2) is 22.0. The highest BCUT2D eigenvalue weighted by Gasteiger charge is 2.23. The van der Waals surface area contributed by atoms with Crippen molar-refractivity contribution in [3.05, 3.63) is 128 Å². The maximum Gasteiger partial charge on any atom is 0.307 e. The molecule has 1 amide bonds. The zero-order chi connectivity index (χ0) is 44.1. The van der Waals surface area contributed by atoms with Crippen LogP contribution in [0.5, 0.6) is 5.75 Å². The van der Waals surface area contributed by atoms with Crippen molar-refractivity contribution in [1.29, 1.82) is 0 Å². The molecule has 1 aromatic heterocycles. The van der Waals surface area contributed by atoms with Crippen LogP contribution in [0.3, 0.4) is 0 Å². The molecule has 4 aromatic carbocycles. The first-order chi connectivity index (χ1) is 28.5. The third kappa shape index (κ3) is 13.2. The Balaban J connectivity index is 0.000000204. The van der Waals surface area contributed by atoms with Crippen LogP contribution in [0.15, 0.2) is 84.9 Å². The minimum atomic E-state index is -0.955. The van der Waals surface area contributed by atoms with Gasteiger partial charge in [0, 0.05) is 50.0 Å². The predicted molar refractivity (Wildman–Crippen MR) is 243 cm³/mol. The molecule has 10 nitrogen and oxygen atoms in total. The van der Waals surface area contributed by atoms with Gasteiger partial charge in [-0.15, -0.1) is 0 Å². The van der Waals surface area contributed by atoms with E-state index in [1.165, 1.54) is 41.6 Å². The largest absolute Gasteiger partial charge is 0.497 e. The fourth-order valence-corrected chi connectivity index (χ4v) is 7.67. The molecule has 1 atom stereocenters. The minimum absolute atomic E-state index is 0.0671. The van der Waals surface area contributed by atoms with E-state index in [1.54, 1.807) is 80.8 Å². The Hall–Kier alpha value is -5.00. The molecule has 0 saturated carbocycles. The smallest absolute Gasteiger partial charge is 0.307 e. The lowest BCUT2D eigenvalue weighted by Gasteiger charge is -2.25. The average molecular weight is 858 g/mol. The van der Waals surface area contributed by atoms with Crippen LogP contribution in [-0.2, 0) is 28.9 Å². The number of ether oxygens (including phenoxy) is 1. The van der Waals surface area contributed by atoms with E-state index in [9.17, 15) is 24.3 Å². The maximum absolute atomic E-state index is 13.0. The Morgan fingerprint density at radius 1 is 0.900 bits per heavy atom. The number of amides is 1. The molecule has 0 radical (unpaired) electrons. The minimum Gasteiger partial charge on any atom is -0.497 e. The number of anilines is 1. The Bertz CT molecular complexity index is 2270. The Morgan fingerprint density at radius 2 is 1.57 bits per heavy atom. The van der Waals surface area contributed by atoms with Crippen molar-refractivity contribution in [1.82, 2.24) is 14.8 Å². The summed E-state index contributed by atoms with van der Waals surface area (Å²) in [4.78, 5) is 50.3. The number of rotatable bonds is 14. The SMILES string of the molecule is CC(NC(C)(C)C)C(=O)c1cccc(Cl)c1.CCCN(CCC)CCc1cccc2c1CC(=O)N2.COc1ccc2c(c1)c(CC(=O)O)c(C)n2C(=O)c1ccc(Cl)cc1. The second-order valence-electron chi connectivity index (χ2n) is 15.9. The van der Waals surface area contributed by atoms with Crippen LogP contribution in [0.2, 0.25) is 10.0 Å². The van der Waals surface area contributed by atoms with Crippen molar-refractivity contribution in [2.24, 2.45) is 0 Å². The summed E-state index contributed by atoms with van der Waals surface area (Å²) in [6, 6.07) is 24.9. The molecule has 2 heterocycles. The van der Waals surface area contributed by atoms with E-state index >= 15 is 0 Å². The number of carbonyl (C=O) groups is 4. The quantitative estimate of drug-likeness (QED) is 0.0942. The Labute approximate surface area is 364 Å². The molecule has 0 fully saturated rings. The summed E-state index contributed by atoms with van der Waals surface area (Å²) in [6.07, 6.45) is 3.82. The number of hydrogen-bond donors (Lipinski definition) is 3. The third-order valence-corrected chi connectivity index (χ3v) is 10.5. The lowest BCUT2D eigenvalue weighted by Crippen LogP contribution is -2.46. The van der Waals surface area contributed by atoms with Gasteiger partial charge < -0.3 is 25.4 Å². The monoisotopic (exact) mass is 856 g/mol. The number of methoxy groups -OCH3 is 1. The Kier molecular flexibility index (Phi) is 17.5. The van der Waals surface area contributed by atoms with Crippen molar-refractivity contribution < 1.29 is 29.0 Å². The van der Waals surface area contributed by atoms with Crippen LogP contribution in [0.25, 0.3) is 10.9 Å². The van der Waals surface area contributed by atoms with E-state index in [-0.39, 0.29) is 35.6 Å². The molecule has 5 aromatic rings. The standard InChI is InChI=1S/C19H16ClNO4.C16H24N2O.C13H18ClNO/c1-11-15(10-18(22)23)16-9-14(25-2)7-8-17(16)21(11)19(24)12-3-5-13(20)6-4-12;1-3-9-18(10-4-2)11-8-13-6-5-7-15-14(13)12-16(19)17-15;1-9(15-13(2,3)4)12(16)10-6-5-7-11(14)8-10/h3-9H,10H2,1-2H3,(H,22,23);5-7H,3-4,8-12H2,1-2H3,(H,17,19);5-9,15H,1-4H3. The van der Waals surface area contributed by atoms with Crippen LogP contribution in [-0.4, -0.2) is 76.5 Å². The molecule has 12 heteroatoms. The number of carboxylic acids is 1. The molecule has 0 saturated heterocycles. The van der Waals surface area contributed by atoms with Crippen LogP contribution in [0, 0.1) is 6.92 Å². The van der Waals surface area contributed by atoms with Crippen LogP contribution in [0.1, 0.15) is 97.5 Å². The number of hydrogen-bond acceptors (Lipinski definition) is 7. The molecule has 0 aliphatic carbocycles. The van der Waals surface area contributed by atoms with Gasteiger partial charge in [0.15, 0.2) is 5.78 Å². The molecule has 3 N–H and O–H groups in total. The summed E-state index contributed by atoms with van der Waals surface area (Å²) in [5.74, 6) is -0.390. The highest BCUT2D eigenvalue weighted by atomic mass is 35.5. The molecule has 1 aliphatic heterocycles. The van der Waals surface area contributed by atoms with Crippen LogP contribution < -0.4 is 15.4 Å². The van der Waals surface area contributed by atoms with Gasteiger partial charge in [0.05, 0.1) is 31.5 Å². The van der Waals surface area contributed by atoms with Gasteiger partial charge in [-0.25, -0.2) is 0 Å². The van der Waals surface area contributed by atoms with Gasteiger partial charge in [-0.05, 0) is 144 Å². The Morgan fingerprint density at radius 3 is 2.17 bits per heavy atom. The van der Waals surface area contributed by atoms with Crippen LogP contribution >= 0.6 is 23.2 Å². The molecule has 0 bridgehead atoms. The molecular formula is C48H58Cl2N4O6. The van der Waals surface area contributed by atoms with E-state index in [4.69, 9.17) is 27.9 Å². The van der Waals surface area contributed by atoms with Crippen molar-refractivity contribution in [3.63, 3.8) is 0 Å². The molecule has 6 rings (SSSR count). The number of carboxylic acid groups (broad SMARTS) is 1. The van der Waals surface area contributed by atoms with Gasteiger partial charge in [-0.3, -0.25) is 23.7 Å². The topological polar surface area (TPSA) is 130 Å². The van der Waals surface area contributed by atoms with Gasteiger partial charge in [-0.1, -0.05) is 61.3 Å². The number of benzene rings is 4. The summed E-state index contributed by atoms with van der Waals surface area (Å²) in [6.45, 7) is 17.6. The van der Waals surface area contributed by atoms with E-state index in [0.717, 1.165) is 18.7 Å². The molecular weight excluding hydrogens is 799 g/mol. The predicted octanol–water partition coefficient (Wildman–Crippen LogP) is 10.1. The van der Waals surface area contributed by atoms with E-state index in [0.29, 0.717) is 55.5 Å². The van der Waals surface area contributed by atoms with E-state index in [1.807, 2.05) is 39.8 Å². The number of aliphatic carboxylic acids is 1. The highest BCUT2D eigenvalue weighted by Crippen LogP contribution is 2.31. The van der Waals surface area contributed by atoms with Crippen molar-refractivity contribution in [3.8, 4) is 5.75 Å². The lowest BCUT2D eigenvalue weighted by atomic mass is 10.0. The summed E-state index contributed by atoms with van der Waals surface area (Å²) >= 11 is 11.7. The summed E-state index contributed by atoms with van der Waals surface area (Å²) < 4.78 is 6.77. The van der Waals surface area contributed by atoms with Gasteiger partial charge in [-0.2, -0.15) is 0 Å². The van der Waals surface area contributed by atoms with Gasteiger partial charge in [0.1, 0.15) is 5.75 Å². The first-order valence-corrected chi connectivity index (χ1v) is 21.1. The molecule has 1 aliphatic rings. The molecule has 0 spiro atoms. The zero-order valence-corrected chi connectivity index (χ0v) is 37.5. The first-order valence-electron chi connectivity index (χ1n) is 20.4. The fourth-order valence-electron chi connectivity index (χ4n) is 7.35. The molecule has 60 heavy (non-hydrogen) atoms. The number of Topliss-reactive ketones (excluding diaryl/α,β-unsaturated/α-hetero) is 1. The zero-order valence-electron chi connectivity index (χ0n) is 36.0. The van der Waals surface area contributed by atoms with E-state index < -0.39 is 5.97 Å². The van der Waals surface area contributed by atoms with Gasteiger partial charge in [0.2, 0.25) is 5.91 Å². The normalized spacial score (nSPS) is 12.5. The maximum atomic E-state index is 13.0.